The van der Waals surface area contributed by atoms with Crippen LogP contribution in [0.4, 0.5) is 5.69 Å². The number of para-hydroxylation sites is 2. The molecule has 0 fully saturated rings. The quantitative estimate of drug-likeness (QED) is 0.730. The first-order valence-electron chi connectivity index (χ1n) is 5.88. The predicted octanol–water partition coefficient (Wildman–Crippen LogP) is 4.54. The number of halogens is 1. The molecule has 1 heterocycles. The summed E-state index contributed by atoms with van der Waals surface area (Å²) < 4.78 is 1.09. The van der Waals surface area contributed by atoms with Gasteiger partial charge in [0.1, 0.15) is 0 Å². The minimum atomic E-state index is 0.812. The minimum absolute atomic E-state index is 0.812. The van der Waals surface area contributed by atoms with Crippen molar-refractivity contribution in [3.8, 4) is 0 Å². The monoisotopic (exact) mass is 300 g/mol. The molecule has 0 bridgehead atoms. The van der Waals surface area contributed by atoms with Crippen LogP contribution in [0.1, 0.15) is 5.56 Å². The summed E-state index contributed by atoms with van der Waals surface area (Å²) in [7, 11) is 0. The van der Waals surface area contributed by atoms with Crippen LogP contribution in [0.3, 0.4) is 0 Å². The fourth-order valence-corrected chi connectivity index (χ4v) is 2.50. The Morgan fingerprint density at radius 1 is 1.00 bits per heavy atom. The van der Waals surface area contributed by atoms with E-state index in [2.05, 4.69) is 56.7 Å². The highest BCUT2D eigenvalue weighted by atomic mass is 79.9. The maximum atomic E-state index is 3.54. The largest absolute Gasteiger partial charge is 0.380 e. The Morgan fingerprint density at radius 3 is 2.67 bits per heavy atom. The second-order valence-corrected chi connectivity index (χ2v) is 5.05. The number of nitrogens with one attached hydrogen (secondary N) is 2. The Kier molecular flexibility index (Phi) is 3.07. The van der Waals surface area contributed by atoms with Gasteiger partial charge in [-0.3, -0.25) is 0 Å². The molecule has 2 aromatic carbocycles. The van der Waals surface area contributed by atoms with E-state index in [0.29, 0.717) is 0 Å². The van der Waals surface area contributed by atoms with Crippen molar-refractivity contribution >= 4 is 32.5 Å². The normalized spacial score (nSPS) is 10.7. The molecule has 3 aromatic rings. The zero-order chi connectivity index (χ0) is 12.4. The van der Waals surface area contributed by atoms with Crippen LogP contribution in [0.5, 0.6) is 0 Å². The molecule has 0 saturated carbocycles. The van der Waals surface area contributed by atoms with Gasteiger partial charge in [-0.1, -0.05) is 30.3 Å². The van der Waals surface area contributed by atoms with Gasteiger partial charge in [0.25, 0.3) is 0 Å². The number of hydrogen-bond donors (Lipinski definition) is 2. The van der Waals surface area contributed by atoms with Crippen LogP contribution in [-0.2, 0) is 6.54 Å². The molecule has 0 spiro atoms. The lowest BCUT2D eigenvalue weighted by Crippen LogP contribution is -1.98. The maximum absolute atomic E-state index is 3.54. The molecule has 1 aromatic heterocycles. The molecule has 0 radical (unpaired) electrons. The molecular formula is C15H13BrN2. The van der Waals surface area contributed by atoms with Gasteiger partial charge < -0.3 is 10.3 Å². The summed E-state index contributed by atoms with van der Waals surface area (Å²) in [5.74, 6) is 0. The van der Waals surface area contributed by atoms with Gasteiger partial charge in [0.2, 0.25) is 0 Å². The summed E-state index contributed by atoms with van der Waals surface area (Å²) in [5, 5.41) is 4.72. The first-order chi connectivity index (χ1) is 8.84. The van der Waals surface area contributed by atoms with Gasteiger partial charge in [0.15, 0.2) is 0 Å². The van der Waals surface area contributed by atoms with Crippen molar-refractivity contribution in [2.45, 2.75) is 6.54 Å². The number of rotatable bonds is 3. The van der Waals surface area contributed by atoms with Gasteiger partial charge in [-0.2, -0.15) is 0 Å². The number of fused-ring (bicyclic) bond motifs is 1. The Morgan fingerprint density at radius 2 is 1.78 bits per heavy atom. The summed E-state index contributed by atoms with van der Waals surface area (Å²) in [5.41, 5.74) is 3.57. The average Bonchev–Trinajstić information content (AvgIpc) is 2.81. The lowest BCUT2D eigenvalue weighted by molar-refractivity contribution is 1.16. The van der Waals surface area contributed by atoms with E-state index in [0.717, 1.165) is 16.7 Å². The SMILES string of the molecule is Brc1ccccc1NCc1c[nH]c2ccccc12. The average molecular weight is 301 g/mol. The third-order valence-corrected chi connectivity index (χ3v) is 3.71. The van der Waals surface area contributed by atoms with Gasteiger partial charge in [-0.05, 0) is 39.7 Å². The van der Waals surface area contributed by atoms with Crippen LogP contribution in [0, 0.1) is 0 Å². The maximum Gasteiger partial charge on any atom is 0.0487 e. The van der Waals surface area contributed by atoms with Crippen LogP contribution in [-0.4, -0.2) is 4.98 Å². The van der Waals surface area contributed by atoms with Crippen molar-refractivity contribution in [3.05, 3.63) is 64.8 Å². The first kappa shape index (κ1) is 11.4. The minimum Gasteiger partial charge on any atom is -0.380 e. The lowest BCUT2D eigenvalue weighted by atomic mass is 10.2. The van der Waals surface area contributed by atoms with Crippen LogP contribution in [0.15, 0.2) is 59.2 Å². The standard InChI is InChI=1S/C15H13BrN2/c16-13-6-2-4-8-15(13)18-10-11-9-17-14-7-3-1-5-12(11)14/h1-9,17-18H,10H2. The number of hydrogen-bond acceptors (Lipinski definition) is 1. The summed E-state index contributed by atoms with van der Waals surface area (Å²) in [6.07, 6.45) is 2.06. The lowest BCUT2D eigenvalue weighted by Gasteiger charge is -2.07. The fraction of sp³-hybridized carbons (Fsp3) is 0.0667. The molecule has 0 saturated heterocycles. The van der Waals surface area contributed by atoms with Crippen molar-refractivity contribution in [1.29, 1.82) is 0 Å². The molecule has 18 heavy (non-hydrogen) atoms. The van der Waals surface area contributed by atoms with Crippen molar-refractivity contribution < 1.29 is 0 Å². The molecule has 0 aliphatic carbocycles. The van der Waals surface area contributed by atoms with E-state index >= 15 is 0 Å². The van der Waals surface area contributed by atoms with Crippen LogP contribution < -0.4 is 5.32 Å². The number of anilines is 1. The highest BCUT2D eigenvalue weighted by Crippen LogP contribution is 2.23. The Labute approximate surface area is 114 Å². The van der Waals surface area contributed by atoms with E-state index in [1.807, 2.05) is 24.3 Å². The number of aromatic amines is 1. The summed E-state index contributed by atoms with van der Waals surface area (Å²) in [4.78, 5) is 3.29. The summed E-state index contributed by atoms with van der Waals surface area (Å²) >= 11 is 3.54. The van der Waals surface area contributed by atoms with E-state index in [1.165, 1.54) is 16.5 Å². The second-order valence-electron chi connectivity index (χ2n) is 4.19. The highest BCUT2D eigenvalue weighted by Gasteiger charge is 2.03. The van der Waals surface area contributed by atoms with E-state index in [1.54, 1.807) is 0 Å². The van der Waals surface area contributed by atoms with Gasteiger partial charge in [-0.25, -0.2) is 0 Å². The van der Waals surface area contributed by atoms with Crippen LogP contribution >= 0.6 is 15.9 Å². The molecule has 0 amide bonds. The molecule has 90 valence electrons. The molecule has 0 aliphatic heterocycles. The van der Waals surface area contributed by atoms with Crippen LogP contribution in [0.2, 0.25) is 0 Å². The van der Waals surface area contributed by atoms with Gasteiger partial charge in [-0.15, -0.1) is 0 Å². The summed E-state index contributed by atoms with van der Waals surface area (Å²) in [6.45, 7) is 0.812. The van der Waals surface area contributed by atoms with Crippen molar-refractivity contribution in [3.63, 3.8) is 0 Å². The zero-order valence-electron chi connectivity index (χ0n) is 9.78. The third kappa shape index (κ3) is 2.14. The number of benzene rings is 2. The van der Waals surface area contributed by atoms with E-state index in [9.17, 15) is 0 Å². The van der Waals surface area contributed by atoms with E-state index in [4.69, 9.17) is 0 Å². The van der Waals surface area contributed by atoms with Crippen molar-refractivity contribution in [2.24, 2.45) is 0 Å². The molecule has 0 aliphatic rings. The molecule has 2 N–H and O–H groups in total. The molecule has 3 heteroatoms. The highest BCUT2D eigenvalue weighted by molar-refractivity contribution is 9.10. The zero-order valence-corrected chi connectivity index (χ0v) is 11.4. The second kappa shape index (κ2) is 4.86. The first-order valence-corrected chi connectivity index (χ1v) is 6.67. The van der Waals surface area contributed by atoms with Crippen molar-refractivity contribution in [2.75, 3.05) is 5.32 Å². The van der Waals surface area contributed by atoms with E-state index < -0.39 is 0 Å². The number of aromatic nitrogens is 1. The van der Waals surface area contributed by atoms with Crippen molar-refractivity contribution in [1.82, 2.24) is 4.98 Å². The predicted molar refractivity (Wildman–Crippen MR) is 79.8 cm³/mol. The van der Waals surface area contributed by atoms with E-state index in [-0.39, 0.29) is 0 Å². The van der Waals surface area contributed by atoms with Gasteiger partial charge in [0.05, 0.1) is 0 Å². The number of H-pyrrole nitrogens is 1. The Hall–Kier alpha value is -1.74. The molecule has 2 nitrogen and oxygen atoms in total. The summed E-state index contributed by atoms with van der Waals surface area (Å²) in [6, 6.07) is 16.5. The Balaban J connectivity index is 1.83. The van der Waals surface area contributed by atoms with Gasteiger partial charge in [0, 0.05) is 33.8 Å². The van der Waals surface area contributed by atoms with Crippen LogP contribution in [0.25, 0.3) is 10.9 Å². The fourth-order valence-electron chi connectivity index (χ4n) is 2.07. The molecule has 0 unspecified atom stereocenters. The molecular weight excluding hydrogens is 288 g/mol. The molecule has 3 rings (SSSR count). The Bertz CT molecular complexity index is 673. The third-order valence-electron chi connectivity index (χ3n) is 3.02. The van der Waals surface area contributed by atoms with Gasteiger partial charge >= 0.3 is 0 Å². The topological polar surface area (TPSA) is 27.8 Å². The molecule has 0 atom stereocenters. The smallest absolute Gasteiger partial charge is 0.0487 e.